The van der Waals surface area contributed by atoms with Crippen LogP contribution in [0.3, 0.4) is 0 Å². The van der Waals surface area contributed by atoms with Crippen LogP contribution in [0.5, 0.6) is 0 Å². The molecular weight excluding hydrogens is 334 g/mol. The lowest BCUT2D eigenvalue weighted by atomic mass is 9.99. The minimum atomic E-state index is -0.878. The van der Waals surface area contributed by atoms with Crippen LogP contribution in [0.15, 0.2) is 66.7 Å². The molecule has 0 aliphatic heterocycles. The van der Waals surface area contributed by atoms with Gasteiger partial charge in [0.2, 0.25) is 0 Å². The van der Waals surface area contributed by atoms with Crippen molar-refractivity contribution in [2.75, 3.05) is 0 Å². The van der Waals surface area contributed by atoms with Crippen LogP contribution in [0.1, 0.15) is 33.6 Å². The number of aromatic nitrogens is 1. The average molecular weight is 351 g/mol. The van der Waals surface area contributed by atoms with Gasteiger partial charge in [-0.3, -0.25) is 0 Å². The molecule has 0 unspecified atom stereocenters. The zero-order valence-corrected chi connectivity index (χ0v) is 14.6. The van der Waals surface area contributed by atoms with Crippen molar-refractivity contribution in [3.63, 3.8) is 0 Å². The molecule has 3 heteroatoms. The van der Waals surface area contributed by atoms with Crippen molar-refractivity contribution in [2.45, 2.75) is 12.8 Å². The highest BCUT2D eigenvalue weighted by Crippen LogP contribution is 2.38. The number of hydrogen-bond donors (Lipinski definition) is 1. The molecule has 0 radical (unpaired) electrons. The van der Waals surface area contributed by atoms with Crippen molar-refractivity contribution < 1.29 is 9.90 Å². The summed E-state index contributed by atoms with van der Waals surface area (Å²) >= 11 is 0. The van der Waals surface area contributed by atoms with Gasteiger partial charge in [-0.05, 0) is 52.5 Å². The second-order valence-corrected chi connectivity index (χ2v) is 6.87. The van der Waals surface area contributed by atoms with E-state index in [1.54, 1.807) is 0 Å². The van der Waals surface area contributed by atoms with Crippen LogP contribution in [0.25, 0.3) is 33.3 Å². The summed E-state index contributed by atoms with van der Waals surface area (Å²) in [6, 6.07) is 22.1. The first kappa shape index (κ1) is 15.8. The van der Waals surface area contributed by atoms with Crippen LogP contribution >= 0.6 is 0 Å². The second-order valence-electron chi connectivity index (χ2n) is 6.87. The molecule has 0 amide bonds. The monoisotopic (exact) mass is 351 g/mol. The number of carbonyl (C=O) groups is 1. The zero-order chi connectivity index (χ0) is 18.4. The van der Waals surface area contributed by atoms with Gasteiger partial charge >= 0.3 is 5.97 Å². The Hall–Kier alpha value is -3.46. The number of rotatable bonds is 2. The van der Waals surface area contributed by atoms with E-state index in [2.05, 4.69) is 36.4 Å². The van der Waals surface area contributed by atoms with E-state index in [1.807, 2.05) is 36.4 Å². The third kappa shape index (κ3) is 2.51. The molecule has 1 aromatic heterocycles. The van der Waals surface area contributed by atoms with E-state index in [9.17, 15) is 9.90 Å². The third-order valence-electron chi connectivity index (χ3n) is 5.31. The predicted octanol–water partition coefficient (Wildman–Crippen LogP) is 5.57. The Bertz CT molecular complexity index is 1250. The maximum absolute atomic E-state index is 12.0. The van der Waals surface area contributed by atoms with E-state index < -0.39 is 5.97 Å². The van der Waals surface area contributed by atoms with Gasteiger partial charge in [-0.15, -0.1) is 0 Å². The molecule has 5 rings (SSSR count). The van der Waals surface area contributed by atoms with Crippen LogP contribution in [0, 0.1) is 0 Å². The molecule has 0 bridgehead atoms. The summed E-state index contributed by atoms with van der Waals surface area (Å²) in [5, 5.41) is 12.9. The van der Waals surface area contributed by atoms with Gasteiger partial charge in [-0.1, -0.05) is 60.7 Å². The number of carboxylic acids is 1. The second kappa shape index (κ2) is 6.06. The average Bonchev–Trinajstić information content (AvgIpc) is 3.08. The highest BCUT2D eigenvalue weighted by molar-refractivity contribution is 6.07. The van der Waals surface area contributed by atoms with Crippen molar-refractivity contribution >= 4 is 39.3 Å². The molecule has 3 nitrogen and oxygen atoms in total. The first-order chi connectivity index (χ1) is 13.2. The van der Waals surface area contributed by atoms with Gasteiger partial charge in [-0.25, -0.2) is 9.78 Å². The van der Waals surface area contributed by atoms with E-state index in [4.69, 9.17) is 4.98 Å². The standard InChI is InChI=1S/C24H17NO2/c26-24(27)22-19-10-3-4-11-21(19)25-23-17(12-13-20(22)23)14-16-8-5-7-15-6-1-2-9-18(15)16/h1-11,14H,12-13H2,(H,26,27). The van der Waals surface area contributed by atoms with Crippen LogP contribution in [-0.2, 0) is 6.42 Å². The lowest BCUT2D eigenvalue weighted by Gasteiger charge is -2.09. The molecule has 3 aromatic carbocycles. The molecule has 1 aliphatic rings. The zero-order valence-electron chi connectivity index (χ0n) is 14.6. The number of nitrogens with zero attached hydrogens (tertiary/aromatic N) is 1. The highest BCUT2D eigenvalue weighted by atomic mass is 16.4. The van der Waals surface area contributed by atoms with Crippen LogP contribution in [0.2, 0.25) is 0 Å². The first-order valence-corrected chi connectivity index (χ1v) is 9.06. The minimum absolute atomic E-state index is 0.400. The lowest BCUT2D eigenvalue weighted by Crippen LogP contribution is -2.05. The van der Waals surface area contributed by atoms with Crippen LogP contribution in [0.4, 0.5) is 0 Å². The number of hydrogen-bond acceptors (Lipinski definition) is 2. The largest absolute Gasteiger partial charge is 0.478 e. The molecule has 0 fully saturated rings. The third-order valence-corrected chi connectivity index (χ3v) is 5.31. The van der Waals surface area contributed by atoms with Gasteiger partial charge < -0.3 is 5.11 Å². The maximum atomic E-state index is 12.0. The summed E-state index contributed by atoms with van der Waals surface area (Å²) < 4.78 is 0. The summed E-state index contributed by atoms with van der Waals surface area (Å²) in [6.45, 7) is 0. The molecule has 1 aliphatic carbocycles. The number of para-hydroxylation sites is 1. The number of allylic oxidation sites excluding steroid dienone is 1. The van der Waals surface area contributed by atoms with Crippen LogP contribution < -0.4 is 0 Å². The van der Waals surface area contributed by atoms with Crippen molar-refractivity contribution in [2.24, 2.45) is 0 Å². The van der Waals surface area contributed by atoms with Crippen molar-refractivity contribution in [3.8, 4) is 0 Å². The Labute approximate surface area is 156 Å². The van der Waals surface area contributed by atoms with Gasteiger partial charge in [0.15, 0.2) is 0 Å². The van der Waals surface area contributed by atoms with E-state index in [1.165, 1.54) is 10.8 Å². The number of benzene rings is 3. The smallest absolute Gasteiger partial charge is 0.336 e. The fraction of sp³-hybridized carbons (Fsp3) is 0.0833. The summed E-state index contributed by atoms with van der Waals surface area (Å²) in [4.78, 5) is 16.8. The van der Waals surface area contributed by atoms with Gasteiger partial charge in [0.05, 0.1) is 16.8 Å². The molecule has 1 N–H and O–H groups in total. The topological polar surface area (TPSA) is 50.2 Å². The van der Waals surface area contributed by atoms with Gasteiger partial charge in [0.25, 0.3) is 0 Å². The predicted molar refractivity (Wildman–Crippen MR) is 109 cm³/mol. The Balaban J connectivity index is 1.75. The number of carboxylic acid groups (broad SMARTS) is 1. The van der Waals surface area contributed by atoms with Gasteiger partial charge in [0, 0.05) is 5.39 Å². The molecule has 0 spiro atoms. The highest BCUT2D eigenvalue weighted by Gasteiger charge is 2.26. The molecule has 0 atom stereocenters. The fourth-order valence-corrected chi connectivity index (χ4v) is 4.09. The van der Waals surface area contributed by atoms with Crippen LogP contribution in [-0.4, -0.2) is 16.1 Å². The van der Waals surface area contributed by atoms with E-state index in [0.717, 1.165) is 39.7 Å². The Morgan fingerprint density at radius 1 is 0.889 bits per heavy atom. The summed E-state index contributed by atoms with van der Waals surface area (Å²) in [5.41, 5.74) is 5.07. The lowest BCUT2D eigenvalue weighted by molar-refractivity contribution is 0.0698. The van der Waals surface area contributed by atoms with Crippen molar-refractivity contribution in [3.05, 3.63) is 89.1 Å². The Kier molecular flexibility index (Phi) is 3.54. The molecular formula is C24H17NO2. The molecule has 130 valence electrons. The van der Waals surface area contributed by atoms with Gasteiger partial charge in [0.1, 0.15) is 0 Å². The number of aromatic carboxylic acids is 1. The number of pyridine rings is 1. The van der Waals surface area contributed by atoms with E-state index >= 15 is 0 Å². The molecule has 4 aromatic rings. The maximum Gasteiger partial charge on any atom is 0.336 e. The van der Waals surface area contributed by atoms with E-state index in [0.29, 0.717) is 12.0 Å². The van der Waals surface area contributed by atoms with E-state index in [-0.39, 0.29) is 0 Å². The summed E-state index contributed by atoms with van der Waals surface area (Å²) in [5.74, 6) is -0.878. The SMILES string of the molecule is O=C(O)c1c2c(nc3ccccc13)C(=Cc1cccc3ccccc13)CC2. The molecule has 1 heterocycles. The summed E-state index contributed by atoms with van der Waals surface area (Å²) in [6.07, 6.45) is 3.69. The Morgan fingerprint density at radius 2 is 1.63 bits per heavy atom. The summed E-state index contributed by atoms with van der Waals surface area (Å²) in [7, 11) is 0. The molecule has 27 heavy (non-hydrogen) atoms. The number of fused-ring (bicyclic) bond motifs is 3. The first-order valence-electron chi connectivity index (χ1n) is 9.06. The van der Waals surface area contributed by atoms with Crippen molar-refractivity contribution in [1.29, 1.82) is 0 Å². The Morgan fingerprint density at radius 3 is 2.48 bits per heavy atom. The molecule has 0 saturated carbocycles. The molecule has 0 saturated heterocycles. The fourth-order valence-electron chi connectivity index (χ4n) is 4.09. The van der Waals surface area contributed by atoms with Crippen molar-refractivity contribution in [1.82, 2.24) is 4.98 Å². The van der Waals surface area contributed by atoms with Gasteiger partial charge in [-0.2, -0.15) is 0 Å². The minimum Gasteiger partial charge on any atom is -0.478 e. The normalized spacial score (nSPS) is 14.7. The quantitative estimate of drug-likeness (QED) is 0.513.